The van der Waals surface area contributed by atoms with E-state index in [0.29, 0.717) is 0 Å². The molecule has 0 amide bonds. The molecule has 2 aromatic carbocycles. The predicted octanol–water partition coefficient (Wildman–Crippen LogP) is 2.84. The Balaban J connectivity index is 0.000000605. The van der Waals surface area contributed by atoms with E-state index < -0.39 is 0 Å². The van der Waals surface area contributed by atoms with Crippen LogP contribution in [0.25, 0.3) is 10.8 Å². The fourth-order valence-corrected chi connectivity index (χ4v) is 1.13. The molecule has 62 valence electrons. The zero-order valence-electron chi connectivity index (χ0n) is 5.89. The minimum absolute atomic E-state index is 0. The summed E-state index contributed by atoms with van der Waals surface area (Å²) in [6.07, 6.45) is 0. The summed E-state index contributed by atoms with van der Waals surface area (Å²) in [5, 5.41) is 2.62. The Morgan fingerprint density at radius 1 is 0.545 bits per heavy atom. The van der Waals surface area contributed by atoms with Crippen LogP contribution in [0.3, 0.4) is 0 Å². The van der Waals surface area contributed by atoms with Gasteiger partial charge in [0.05, 0.1) is 0 Å². The Morgan fingerprint density at radius 2 is 0.818 bits per heavy atom. The summed E-state index contributed by atoms with van der Waals surface area (Å²) in [6.45, 7) is 0. The third-order valence-electron chi connectivity index (χ3n) is 1.66. The van der Waals surface area contributed by atoms with Gasteiger partial charge >= 0.3 is 0 Å². The van der Waals surface area contributed by atoms with Gasteiger partial charge in [-0.15, -0.1) is 0 Å². The number of hydrogen-bond donors (Lipinski definition) is 0. The third kappa shape index (κ3) is 2.08. The van der Waals surface area contributed by atoms with Crippen molar-refractivity contribution in [3.05, 3.63) is 48.5 Å². The predicted molar refractivity (Wildman–Crippen MR) is 43.9 cm³/mol. The van der Waals surface area contributed by atoms with Crippen LogP contribution >= 0.6 is 0 Å². The molecule has 0 saturated heterocycles. The van der Waals surface area contributed by atoms with Gasteiger partial charge in [-0.25, -0.2) is 0 Å². The van der Waals surface area contributed by atoms with Gasteiger partial charge in [0.15, 0.2) is 0 Å². The molecule has 2 aromatic rings. The van der Waals surface area contributed by atoms with E-state index in [1.54, 1.807) is 0 Å². The van der Waals surface area contributed by atoms with Gasteiger partial charge in [0.2, 0.25) is 0 Å². The molecule has 0 saturated carbocycles. The first-order valence-electron chi connectivity index (χ1n) is 3.40. The molecule has 0 nitrogen and oxygen atoms in total. The zero-order chi connectivity index (χ0) is 6.81. The Labute approximate surface area is 105 Å². The van der Waals surface area contributed by atoms with E-state index in [4.69, 9.17) is 0 Å². The molecule has 0 aliphatic carbocycles. The SMILES string of the molecule is [Yb].c1ccc2ccccc2c1. The monoisotopic (exact) mass is 302 g/mol. The van der Waals surface area contributed by atoms with E-state index in [-0.39, 0.29) is 46.9 Å². The standard InChI is InChI=1S/C10H8.Yb/c1-2-6-10-8-4-3-7-9(10)5-1;/h1-8H;. The third-order valence-corrected chi connectivity index (χ3v) is 1.66. The Morgan fingerprint density at radius 3 is 1.09 bits per heavy atom. The molecular formula is C10H8Yb. The molecule has 0 atom stereocenters. The summed E-state index contributed by atoms with van der Waals surface area (Å²) < 4.78 is 0. The first kappa shape index (κ1) is 9.31. The Bertz CT molecular complexity index is 276. The van der Waals surface area contributed by atoms with Crippen molar-refractivity contribution in [1.29, 1.82) is 0 Å². The van der Waals surface area contributed by atoms with Crippen molar-refractivity contribution in [2.24, 2.45) is 0 Å². The van der Waals surface area contributed by atoms with Crippen molar-refractivity contribution >= 4 is 10.8 Å². The maximum Gasteiger partial charge on any atom is 0 e. The van der Waals surface area contributed by atoms with Crippen LogP contribution in [0.5, 0.6) is 0 Å². The molecule has 0 unspecified atom stereocenters. The molecule has 0 spiro atoms. The van der Waals surface area contributed by atoms with E-state index in [1.807, 2.05) is 0 Å². The van der Waals surface area contributed by atoms with Gasteiger partial charge in [0.25, 0.3) is 0 Å². The average molecular weight is 301 g/mol. The molecular weight excluding hydrogens is 293 g/mol. The largest absolute Gasteiger partial charge is 0.0616 e. The Kier molecular flexibility index (Phi) is 3.64. The topological polar surface area (TPSA) is 0 Å². The second-order valence-electron chi connectivity index (χ2n) is 2.35. The Hall–Kier alpha value is 0.219. The quantitative estimate of drug-likeness (QED) is 0.702. The summed E-state index contributed by atoms with van der Waals surface area (Å²) in [4.78, 5) is 0. The fraction of sp³-hybridized carbons (Fsp3) is 0. The number of fused-ring (bicyclic) bond motifs is 1. The number of hydrogen-bond acceptors (Lipinski definition) is 0. The van der Waals surface area contributed by atoms with E-state index in [2.05, 4.69) is 48.5 Å². The molecule has 0 bridgehead atoms. The van der Waals surface area contributed by atoms with E-state index >= 15 is 0 Å². The van der Waals surface area contributed by atoms with Crippen LogP contribution in [0.15, 0.2) is 48.5 Å². The van der Waals surface area contributed by atoms with Gasteiger partial charge in [0, 0.05) is 46.9 Å². The smallest absolute Gasteiger partial charge is 0 e. The molecule has 0 aromatic heterocycles. The normalized spacial score (nSPS) is 9.09. The molecule has 1 heteroatoms. The minimum Gasteiger partial charge on any atom is -0.0616 e. The second kappa shape index (κ2) is 4.30. The molecule has 0 heterocycles. The summed E-state index contributed by atoms with van der Waals surface area (Å²) in [7, 11) is 0. The number of rotatable bonds is 0. The summed E-state index contributed by atoms with van der Waals surface area (Å²) in [5.74, 6) is 0. The average Bonchev–Trinajstić information content (AvgIpc) is 2.05. The molecule has 0 fully saturated rings. The van der Waals surface area contributed by atoms with Crippen molar-refractivity contribution < 1.29 is 46.9 Å². The van der Waals surface area contributed by atoms with Crippen LogP contribution in [-0.4, -0.2) is 0 Å². The molecule has 0 aliphatic rings. The van der Waals surface area contributed by atoms with Crippen molar-refractivity contribution in [1.82, 2.24) is 0 Å². The van der Waals surface area contributed by atoms with E-state index in [0.717, 1.165) is 0 Å². The van der Waals surface area contributed by atoms with Gasteiger partial charge in [-0.2, -0.15) is 0 Å². The van der Waals surface area contributed by atoms with E-state index in [9.17, 15) is 0 Å². The van der Waals surface area contributed by atoms with Gasteiger partial charge in [-0.05, 0) is 10.8 Å². The fourth-order valence-electron chi connectivity index (χ4n) is 1.13. The zero-order valence-corrected chi connectivity index (χ0v) is 7.60. The van der Waals surface area contributed by atoms with Crippen LogP contribution in [0, 0.1) is 46.9 Å². The minimum atomic E-state index is 0. The molecule has 11 heavy (non-hydrogen) atoms. The summed E-state index contributed by atoms with van der Waals surface area (Å²) in [5.41, 5.74) is 0. The van der Waals surface area contributed by atoms with Crippen LogP contribution in [0.4, 0.5) is 0 Å². The summed E-state index contributed by atoms with van der Waals surface area (Å²) >= 11 is 0. The van der Waals surface area contributed by atoms with E-state index in [1.165, 1.54) is 10.8 Å². The van der Waals surface area contributed by atoms with Crippen molar-refractivity contribution in [2.45, 2.75) is 0 Å². The maximum absolute atomic E-state index is 2.12. The van der Waals surface area contributed by atoms with Crippen LogP contribution in [0.2, 0.25) is 0 Å². The van der Waals surface area contributed by atoms with Crippen molar-refractivity contribution in [2.75, 3.05) is 0 Å². The first-order chi connectivity index (χ1) is 4.97. The number of benzene rings is 2. The molecule has 2 rings (SSSR count). The molecule has 0 aliphatic heterocycles. The van der Waals surface area contributed by atoms with Crippen LogP contribution in [0.1, 0.15) is 0 Å². The van der Waals surface area contributed by atoms with Gasteiger partial charge in [-0.1, -0.05) is 48.5 Å². The summed E-state index contributed by atoms with van der Waals surface area (Å²) in [6, 6.07) is 16.7. The molecule has 0 N–H and O–H groups in total. The van der Waals surface area contributed by atoms with Gasteiger partial charge in [0.1, 0.15) is 0 Å². The first-order valence-corrected chi connectivity index (χ1v) is 3.40. The molecule has 0 radical (unpaired) electrons. The van der Waals surface area contributed by atoms with Crippen LogP contribution < -0.4 is 0 Å². The van der Waals surface area contributed by atoms with Crippen molar-refractivity contribution in [3.8, 4) is 0 Å². The van der Waals surface area contributed by atoms with Crippen LogP contribution in [-0.2, 0) is 0 Å². The van der Waals surface area contributed by atoms with Gasteiger partial charge in [-0.3, -0.25) is 0 Å². The second-order valence-corrected chi connectivity index (χ2v) is 2.35. The van der Waals surface area contributed by atoms with Gasteiger partial charge < -0.3 is 0 Å². The maximum atomic E-state index is 2.12. The van der Waals surface area contributed by atoms with Crippen molar-refractivity contribution in [3.63, 3.8) is 0 Å².